The van der Waals surface area contributed by atoms with Crippen molar-refractivity contribution in [1.82, 2.24) is 15.1 Å². The van der Waals surface area contributed by atoms with E-state index >= 15 is 0 Å². The lowest BCUT2D eigenvalue weighted by atomic mass is 10.4. The molecular formula is C9H11N5O2. The van der Waals surface area contributed by atoms with Gasteiger partial charge in [-0.05, 0) is 0 Å². The maximum Gasteiger partial charge on any atom is 0.203 e. The molecule has 0 atom stereocenters. The van der Waals surface area contributed by atoms with Gasteiger partial charge in [-0.25, -0.2) is 9.97 Å². The molecule has 0 saturated carbocycles. The second-order valence-corrected chi connectivity index (χ2v) is 2.97. The highest BCUT2D eigenvalue weighted by Crippen LogP contribution is 2.26. The number of nitrogen functional groups attached to an aromatic ring is 1. The van der Waals surface area contributed by atoms with Crippen LogP contribution in [0.3, 0.4) is 0 Å². The monoisotopic (exact) mass is 221 g/mol. The van der Waals surface area contributed by atoms with E-state index in [0.29, 0.717) is 23.9 Å². The first-order chi connectivity index (χ1) is 7.81. The third kappa shape index (κ3) is 2.02. The fraction of sp³-hybridized carbons (Fsp3) is 0.222. The Bertz CT molecular complexity index is 457. The predicted octanol–water partition coefficient (Wildman–Crippen LogP) is 0.668. The Hall–Kier alpha value is -2.31. The Balaban J connectivity index is 2.12. The zero-order chi connectivity index (χ0) is 11.4. The number of anilines is 2. The van der Waals surface area contributed by atoms with E-state index in [0.717, 1.165) is 0 Å². The van der Waals surface area contributed by atoms with E-state index in [4.69, 9.17) is 15.0 Å². The van der Waals surface area contributed by atoms with Crippen molar-refractivity contribution in [2.75, 3.05) is 18.2 Å². The number of hydrogen-bond donors (Lipinski definition) is 2. The molecular weight excluding hydrogens is 210 g/mol. The van der Waals surface area contributed by atoms with Crippen molar-refractivity contribution in [3.05, 3.63) is 24.4 Å². The molecule has 7 nitrogen and oxygen atoms in total. The molecule has 0 saturated heterocycles. The molecule has 16 heavy (non-hydrogen) atoms. The highest BCUT2D eigenvalue weighted by molar-refractivity contribution is 5.61. The summed E-state index contributed by atoms with van der Waals surface area (Å²) in [6.45, 7) is 0.451. The number of ether oxygens (including phenoxy) is 1. The SMILES string of the molecule is COc1c(N)ncnc1NCc1ccno1. The van der Waals surface area contributed by atoms with Gasteiger partial charge >= 0.3 is 0 Å². The highest BCUT2D eigenvalue weighted by atomic mass is 16.5. The van der Waals surface area contributed by atoms with Crippen molar-refractivity contribution < 1.29 is 9.26 Å². The molecule has 84 valence electrons. The van der Waals surface area contributed by atoms with Gasteiger partial charge in [-0.1, -0.05) is 5.16 Å². The molecule has 7 heteroatoms. The van der Waals surface area contributed by atoms with Crippen LogP contribution in [-0.4, -0.2) is 22.2 Å². The predicted molar refractivity (Wildman–Crippen MR) is 56.8 cm³/mol. The van der Waals surface area contributed by atoms with Crippen molar-refractivity contribution in [1.29, 1.82) is 0 Å². The van der Waals surface area contributed by atoms with Gasteiger partial charge in [0.05, 0.1) is 19.9 Å². The van der Waals surface area contributed by atoms with Gasteiger partial charge in [-0.15, -0.1) is 0 Å². The summed E-state index contributed by atoms with van der Waals surface area (Å²) < 4.78 is 10.0. The fourth-order valence-corrected chi connectivity index (χ4v) is 1.22. The zero-order valence-electron chi connectivity index (χ0n) is 8.67. The van der Waals surface area contributed by atoms with E-state index in [2.05, 4.69) is 20.4 Å². The fourth-order valence-electron chi connectivity index (χ4n) is 1.22. The van der Waals surface area contributed by atoms with Crippen LogP contribution < -0.4 is 15.8 Å². The molecule has 0 aliphatic carbocycles. The van der Waals surface area contributed by atoms with E-state index in [1.807, 2.05) is 0 Å². The van der Waals surface area contributed by atoms with Crippen molar-refractivity contribution in [2.45, 2.75) is 6.54 Å². The normalized spacial score (nSPS) is 10.1. The molecule has 2 aromatic rings. The molecule has 0 amide bonds. The van der Waals surface area contributed by atoms with Crippen LogP contribution in [0.15, 0.2) is 23.1 Å². The Labute approximate surface area is 91.6 Å². The summed E-state index contributed by atoms with van der Waals surface area (Å²) in [5.41, 5.74) is 5.63. The number of rotatable bonds is 4. The zero-order valence-corrected chi connectivity index (χ0v) is 8.67. The summed E-state index contributed by atoms with van der Waals surface area (Å²) in [4.78, 5) is 7.84. The largest absolute Gasteiger partial charge is 0.490 e. The third-order valence-electron chi connectivity index (χ3n) is 1.96. The minimum absolute atomic E-state index is 0.289. The lowest BCUT2D eigenvalue weighted by molar-refractivity contribution is 0.387. The summed E-state index contributed by atoms with van der Waals surface area (Å²) in [7, 11) is 1.51. The van der Waals surface area contributed by atoms with Crippen molar-refractivity contribution in [3.63, 3.8) is 0 Å². The van der Waals surface area contributed by atoms with Gasteiger partial charge in [0.1, 0.15) is 6.33 Å². The third-order valence-corrected chi connectivity index (χ3v) is 1.96. The van der Waals surface area contributed by atoms with Gasteiger partial charge in [0.2, 0.25) is 5.75 Å². The topological polar surface area (TPSA) is 99.1 Å². The smallest absolute Gasteiger partial charge is 0.203 e. The number of hydrogen-bond acceptors (Lipinski definition) is 7. The summed E-state index contributed by atoms with van der Waals surface area (Å²) in [6.07, 6.45) is 2.93. The second-order valence-electron chi connectivity index (χ2n) is 2.97. The first-order valence-corrected chi connectivity index (χ1v) is 4.59. The van der Waals surface area contributed by atoms with Gasteiger partial charge in [-0.3, -0.25) is 0 Å². The van der Waals surface area contributed by atoms with Gasteiger partial charge in [0.25, 0.3) is 0 Å². The van der Waals surface area contributed by atoms with E-state index in [-0.39, 0.29) is 5.82 Å². The van der Waals surface area contributed by atoms with Gasteiger partial charge in [0.15, 0.2) is 17.4 Å². The maximum atomic E-state index is 5.63. The Morgan fingerprint density at radius 2 is 2.38 bits per heavy atom. The van der Waals surface area contributed by atoms with E-state index in [1.165, 1.54) is 13.4 Å². The molecule has 2 aromatic heterocycles. The van der Waals surface area contributed by atoms with Crippen molar-refractivity contribution in [3.8, 4) is 5.75 Å². The number of nitrogens with zero attached hydrogens (tertiary/aromatic N) is 3. The maximum absolute atomic E-state index is 5.63. The lowest BCUT2D eigenvalue weighted by Gasteiger charge is -2.09. The Morgan fingerprint density at radius 3 is 3.06 bits per heavy atom. The molecule has 0 aliphatic heterocycles. The molecule has 0 radical (unpaired) electrons. The van der Waals surface area contributed by atoms with Gasteiger partial charge in [0, 0.05) is 6.07 Å². The molecule has 2 heterocycles. The van der Waals surface area contributed by atoms with Crippen LogP contribution >= 0.6 is 0 Å². The molecule has 0 unspecified atom stereocenters. The van der Waals surface area contributed by atoms with Crippen molar-refractivity contribution in [2.24, 2.45) is 0 Å². The summed E-state index contributed by atoms with van der Waals surface area (Å²) >= 11 is 0. The first-order valence-electron chi connectivity index (χ1n) is 4.59. The molecule has 0 spiro atoms. The number of nitrogens with one attached hydrogen (secondary N) is 1. The molecule has 2 rings (SSSR count). The number of aromatic nitrogens is 3. The quantitative estimate of drug-likeness (QED) is 0.782. The van der Waals surface area contributed by atoms with Crippen LogP contribution in [0.2, 0.25) is 0 Å². The minimum atomic E-state index is 0.289. The molecule has 0 fully saturated rings. The second kappa shape index (κ2) is 4.47. The van der Waals surface area contributed by atoms with Crippen LogP contribution in [0, 0.1) is 0 Å². The van der Waals surface area contributed by atoms with Crippen LogP contribution in [0.4, 0.5) is 11.6 Å². The molecule has 3 N–H and O–H groups in total. The molecule has 0 aliphatic rings. The molecule has 0 bridgehead atoms. The van der Waals surface area contributed by atoms with E-state index in [1.54, 1.807) is 12.3 Å². The molecule has 0 aromatic carbocycles. The summed E-state index contributed by atoms with van der Waals surface area (Å²) in [6, 6.07) is 1.75. The van der Waals surface area contributed by atoms with Crippen molar-refractivity contribution >= 4 is 11.6 Å². The standard InChI is InChI=1S/C9H11N5O2/c1-15-7-8(10)12-5-13-9(7)11-4-6-2-3-14-16-6/h2-3,5H,4H2,1H3,(H3,10,11,12,13). The Kier molecular flexibility index (Phi) is 2.86. The van der Waals surface area contributed by atoms with E-state index in [9.17, 15) is 0 Å². The first kappa shape index (κ1) is 10.2. The van der Waals surface area contributed by atoms with Crippen LogP contribution in [0.5, 0.6) is 5.75 Å². The lowest BCUT2D eigenvalue weighted by Crippen LogP contribution is -2.05. The number of nitrogens with two attached hydrogens (primary N) is 1. The minimum Gasteiger partial charge on any atom is -0.490 e. The average Bonchev–Trinajstić information content (AvgIpc) is 2.79. The highest BCUT2D eigenvalue weighted by Gasteiger charge is 2.09. The number of methoxy groups -OCH3 is 1. The van der Waals surface area contributed by atoms with Crippen LogP contribution in [0.25, 0.3) is 0 Å². The Morgan fingerprint density at radius 1 is 1.50 bits per heavy atom. The summed E-state index contributed by atoms with van der Waals surface area (Å²) in [5, 5.41) is 6.61. The van der Waals surface area contributed by atoms with Crippen LogP contribution in [0.1, 0.15) is 5.76 Å². The summed E-state index contributed by atoms with van der Waals surface area (Å²) in [5.74, 6) is 1.92. The van der Waals surface area contributed by atoms with Gasteiger partial charge in [-0.2, -0.15) is 0 Å². The van der Waals surface area contributed by atoms with Gasteiger partial charge < -0.3 is 20.3 Å². The average molecular weight is 221 g/mol. The van der Waals surface area contributed by atoms with E-state index < -0.39 is 0 Å². The van der Waals surface area contributed by atoms with Crippen LogP contribution in [-0.2, 0) is 6.54 Å².